The molecule has 8 heteroatoms. The second kappa shape index (κ2) is 5.43. The minimum absolute atomic E-state index is 0.230. The first kappa shape index (κ1) is 16.2. The molecule has 0 saturated heterocycles. The predicted molar refractivity (Wildman–Crippen MR) is 92.7 cm³/mol. The molecule has 7 nitrogen and oxygen atoms in total. The molecule has 3 rings (SSSR count). The van der Waals surface area contributed by atoms with Crippen LogP contribution < -0.4 is 10.7 Å². The van der Waals surface area contributed by atoms with E-state index in [-0.39, 0.29) is 15.8 Å². The van der Waals surface area contributed by atoms with E-state index in [2.05, 4.69) is 10.9 Å². The molecule has 24 heavy (non-hydrogen) atoms. The zero-order valence-electron chi connectivity index (χ0n) is 12.8. The van der Waals surface area contributed by atoms with Crippen molar-refractivity contribution in [3.05, 3.63) is 52.4 Å². The minimum Gasteiger partial charge on any atom is -0.481 e. The van der Waals surface area contributed by atoms with E-state index < -0.39 is 21.6 Å². The predicted octanol–water partition coefficient (Wildman–Crippen LogP) is 0.985. The molecule has 0 spiro atoms. The van der Waals surface area contributed by atoms with Crippen LogP contribution in [0.15, 0.2) is 46.2 Å². The lowest BCUT2D eigenvalue weighted by atomic mass is 10.00. The smallest absolute Gasteiger partial charge is 0.310 e. The zero-order valence-corrected chi connectivity index (χ0v) is 13.6. The number of fused-ring (bicyclic) bond motifs is 2. The summed E-state index contributed by atoms with van der Waals surface area (Å²) in [7, 11) is -2.96. The Bertz CT molecular complexity index is 1150. The normalized spacial score (nSPS) is 15.2. The van der Waals surface area contributed by atoms with Crippen molar-refractivity contribution in [2.24, 2.45) is 5.14 Å². The Hall–Kier alpha value is -2.71. The second-order valence-electron chi connectivity index (χ2n) is 5.57. The van der Waals surface area contributed by atoms with Crippen molar-refractivity contribution in [2.45, 2.75) is 17.7 Å². The van der Waals surface area contributed by atoms with Gasteiger partial charge in [0.05, 0.1) is 31.4 Å². The van der Waals surface area contributed by atoms with Gasteiger partial charge in [-0.1, -0.05) is 6.07 Å². The molecule has 0 amide bonds. The Morgan fingerprint density at radius 3 is 2.71 bits per heavy atom. The van der Waals surface area contributed by atoms with E-state index in [1.165, 1.54) is 22.7 Å². The number of aromatic nitrogens is 2. The maximum Gasteiger partial charge on any atom is 0.310 e. The molecule has 2 atom stereocenters. The maximum atomic E-state index is 12.7. The molecule has 0 bridgehead atoms. The average molecular weight is 345 g/mol. The van der Waals surface area contributed by atoms with Crippen molar-refractivity contribution in [1.82, 2.24) is 9.38 Å². The molecule has 124 valence electrons. The van der Waals surface area contributed by atoms with Crippen LogP contribution in [0.3, 0.4) is 0 Å². The number of hydrogen-bond donors (Lipinski definition) is 2. The summed E-state index contributed by atoms with van der Waals surface area (Å²) in [6, 6.07) is 7.84. The minimum atomic E-state index is -2.96. The van der Waals surface area contributed by atoms with Crippen molar-refractivity contribution in [3.8, 4) is 0 Å². The number of nitrogens with two attached hydrogens (primary N) is 1. The molecule has 0 radical (unpaired) electrons. The van der Waals surface area contributed by atoms with Crippen LogP contribution in [-0.4, -0.2) is 30.5 Å². The van der Waals surface area contributed by atoms with Gasteiger partial charge in [0.15, 0.2) is 0 Å². The third kappa shape index (κ3) is 2.66. The molecular weight excluding hydrogens is 330 g/mol. The van der Waals surface area contributed by atoms with E-state index in [1.54, 1.807) is 25.1 Å². The highest BCUT2D eigenvalue weighted by Crippen LogP contribution is 2.20. The van der Waals surface area contributed by atoms with Crippen LogP contribution in [0, 0.1) is 0 Å². The van der Waals surface area contributed by atoms with Crippen molar-refractivity contribution < 1.29 is 14.1 Å². The lowest BCUT2D eigenvalue weighted by Crippen LogP contribution is -2.19. The van der Waals surface area contributed by atoms with Crippen molar-refractivity contribution >= 4 is 38.1 Å². The molecule has 3 aromatic rings. The highest BCUT2D eigenvalue weighted by molar-refractivity contribution is 7.98. The average Bonchev–Trinajstić information content (AvgIpc) is 2.53. The highest BCUT2D eigenvalue weighted by Gasteiger charge is 2.16. The molecule has 3 N–H and O–H groups in total. The van der Waals surface area contributed by atoms with Gasteiger partial charge in [-0.15, -0.1) is 0 Å². The Kier molecular flexibility index (Phi) is 3.66. The molecule has 0 saturated carbocycles. The molecule has 2 aromatic heterocycles. The summed E-state index contributed by atoms with van der Waals surface area (Å²) in [5.74, 6) is 1.67. The van der Waals surface area contributed by atoms with Gasteiger partial charge in [0, 0.05) is 6.20 Å². The van der Waals surface area contributed by atoms with Gasteiger partial charge in [-0.25, -0.2) is 9.19 Å². The standard InChI is InChI=1S/C16H15N3O4S/c1-9(16(21)22)10-3-5-13-12(7-10)15(20)19-8-11(24(2,17)23)4-6-14(19)18-13/h3-9H,2H2,1H3,(H2,17,23)(H,21,22). The summed E-state index contributed by atoms with van der Waals surface area (Å²) in [5.41, 5.74) is 0.945. The van der Waals surface area contributed by atoms with Crippen LogP contribution in [-0.2, 0) is 14.5 Å². The molecular formula is C16H15N3O4S. The SMILES string of the molecule is C=S(N)(=O)c1ccc2nc3ccc(C(C)C(=O)O)cc3c(=O)n2c1. The van der Waals surface area contributed by atoms with Crippen molar-refractivity contribution in [3.63, 3.8) is 0 Å². The van der Waals surface area contributed by atoms with E-state index in [1.807, 2.05) is 0 Å². The number of nitrogens with zero attached hydrogens (tertiary/aromatic N) is 2. The number of aliphatic carboxylic acids is 1. The summed E-state index contributed by atoms with van der Waals surface area (Å²) < 4.78 is 13.1. The second-order valence-corrected chi connectivity index (χ2v) is 7.50. The van der Waals surface area contributed by atoms with Gasteiger partial charge < -0.3 is 5.11 Å². The number of carbonyl (C=O) groups is 1. The van der Waals surface area contributed by atoms with Crippen molar-refractivity contribution in [2.75, 3.05) is 0 Å². The zero-order chi connectivity index (χ0) is 17.6. The Balaban J connectivity index is 2.34. The van der Waals surface area contributed by atoms with E-state index >= 15 is 0 Å². The number of pyridine rings is 1. The van der Waals surface area contributed by atoms with E-state index in [9.17, 15) is 13.8 Å². The first-order valence-electron chi connectivity index (χ1n) is 7.02. The number of carboxylic acids is 1. The van der Waals surface area contributed by atoms with Gasteiger partial charge in [-0.05, 0) is 42.6 Å². The summed E-state index contributed by atoms with van der Waals surface area (Å²) in [6.45, 7) is 1.54. The molecule has 1 aromatic carbocycles. The third-order valence-electron chi connectivity index (χ3n) is 3.87. The molecule has 2 heterocycles. The monoisotopic (exact) mass is 345 g/mol. The first-order chi connectivity index (χ1) is 11.2. The Labute approximate surface area is 137 Å². The van der Waals surface area contributed by atoms with Crippen LogP contribution in [0.1, 0.15) is 18.4 Å². The van der Waals surface area contributed by atoms with Crippen molar-refractivity contribution in [1.29, 1.82) is 0 Å². The van der Waals surface area contributed by atoms with E-state index in [4.69, 9.17) is 10.2 Å². The fourth-order valence-electron chi connectivity index (χ4n) is 2.42. The lowest BCUT2D eigenvalue weighted by molar-refractivity contribution is -0.138. The van der Waals surface area contributed by atoms with Gasteiger partial charge in [0.25, 0.3) is 5.56 Å². The molecule has 0 aliphatic rings. The Morgan fingerprint density at radius 1 is 1.38 bits per heavy atom. The number of carboxylic acid groups (broad SMARTS) is 1. The lowest BCUT2D eigenvalue weighted by Gasteiger charge is -2.10. The quantitative estimate of drug-likeness (QED) is 0.542. The van der Waals surface area contributed by atoms with Gasteiger partial charge >= 0.3 is 5.97 Å². The van der Waals surface area contributed by atoms with Gasteiger partial charge in [0.1, 0.15) is 5.65 Å². The highest BCUT2D eigenvalue weighted by atomic mass is 32.2. The summed E-state index contributed by atoms with van der Waals surface area (Å²) >= 11 is 0. The fraction of sp³-hybridized carbons (Fsp3) is 0.125. The molecule has 0 aliphatic carbocycles. The Morgan fingerprint density at radius 2 is 2.08 bits per heavy atom. The number of rotatable bonds is 3. The van der Waals surface area contributed by atoms with E-state index in [0.717, 1.165) is 0 Å². The van der Waals surface area contributed by atoms with Gasteiger partial charge in [0.2, 0.25) is 0 Å². The van der Waals surface area contributed by atoms with Crippen LogP contribution in [0.5, 0.6) is 0 Å². The summed E-state index contributed by atoms with van der Waals surface area (Å²) in [6.07, 6.45) is 1.35. The van der Waals surface area contributed by atoms with Crippen LogP contribution >= 0.6 is 0 Å². The molecule has 2 unspecified atom stereocenters. The van der Waals surface area contributed by atoms with Gasteiger partial charge in [-0.2, -0.15) is 0 Å². The number of hydrogen-bond acceptors (Lipinski definition) is 4. The third-order valence-corrected chi connectivity index (χ3v) is 4.91. The summed E-state index contributed by atoms with van der Waals surface area (Å²) in [5, 5.41) is 14.9. The van der Waals surface area contributed by atoms with Crippen LogP contribution in [0.2, 0.25) is 0 Å². The van der Waals surface area contributed by atoms with Gasteiger partial charge in [-0.3, -0.25) is 19.1 Å². The fourth-order valence-corrected chi connectivity index (χ4v) is 3.00. The topological polar surface area (TPSA) is 115 Å². The summed E-state index contributed by atoms with van der Waals surface area (Å²) in [4.78, 5) is 28.5. The molecule has 0 fully saturated rings. The van der Waals surface area contributed by atoms with E-state index in [0.29, 0.717) is 16.7 Å². The largest absolute Gasteiger partial charge is 0.481 e. The number of benzene rings is 1. The van der Waals surface area contributed by atoms with Crippen LogP contribution in [0.4, 0.5) is 0 Å². The van der Waals surface area contributed by atoms with Crippen LogP contribution in [0.25, 0.3) is 16.6 Å². The molecule has 0 aliphatic heterocycles. The maximum absolute atomic E-state index is 12.7. The first-order valence-corrected chi connectivity index (χ1v) is 8.81.